The first-order valence-electron chi connectivity index (χ1n) is 12.9. The van der Waals surface area contributed by atoms with Crippen LogP contribution in [0.25, 0.3) is 0 Å². The van der Waals surface area contributed by atoms with Gasteiger partial charge in [-0.2, -0.15) is 0 Å². The lowest BCUT2D eigenvalue weighted by atomic mass is 9.52. The lowest BCUT2D eigenvalue weighted by Gasteiger charge is -2.55. The highest BCUT2D eigenvalue weighted by Crippen LogP contribution is 2.52. The number of rotatable bonds is 6. The number of carbonyl (C=O) groups is 4. The molecule has 11 heteroatoms. The number of aromatic hydroxyl groups is 1. The van der Waals surface area contributed by atoms with Crippen LogP contribution in [-0.4, -0.2) is 95.5 Å². The summed E-state index contributed by atoms with van der Waals surface area (Å²) in [5, 5.41) is 37.1. The molecule has 3 aliphatic carbocycles. The van der Waals surface area contributed by atoms with Gasteiger partial charge in [0.25, 0.3) is 0 Å². The Kier molecular flexibility index (Phi) is 7.19. The minimum absolute atomic E-state index is 0.0207. The molecule has 6 N–H and O–H groups in total. The molecule has 1 aromatic rings. The van der Waals surface area contributed by atoms with E-state index in [1.807, 2.05) is 38.9 Å². The Labute approximate surface area is 222 Å². The largest absolute Gasteiger partial charge is 0.507 e. The van der Waals surface area contributed by atoms with Crippen LogP contribution in [0.1, 0.15) is 41.8 Å². The number of fused-ring (bicyclic) bond motifs is 3. The van der Waals surface area contributed by atoms with E-state index >= 15 is 0 Å². The fourth-order valence-corrected chi connectivity index (χ4v) is 6.77. The van der Waals surface area contributed by atoms with E-state index in [0.29, 0.717) is 17.7 Å². The molecule has 3 aliphatic rings. The summed E-state index contributed by atoms with van der Waals surface area (Å²) in [6.45, 7) is 4.20. The van der Waals surface area contributed by atoms with Crippen molar-refractivity contribution < 1.29 is 34.5 Å². The Morgan fingerprint density at radius 1 is 1.18 bits per heavy atom. The summed E-state index contributed by atoms with van der Waals surface area (Å²) in [6.07, 6.45) is -1.18. The second kappa shape index (κ2) is 9.71. The number of phenolic OH excluding ortho intramolecular Hbond substituents is 1. The third-order valence-corrected chi connectivity index (χ3v) is 8.53. The highest BCUT2D eigenvalue weighted by atomic mass is 16.3. The van der Waals surface area contributed by atoms with Gasteiger partial charge in [-0.15, -0.1) is 0 Å². The summed E-state index contributed by atoms with van der Waals surface area (Å²) in [5.74, 6) is -9.00. The lowest BCUT2D eigenvalue weighted by molar-refractivity contribution is -0.190. The van der Waals surface area contributed by atoms with Crippen LogP contribution >= 0.6 is 0 Å². The average Bonchev–Trinajstić information content (AvgIpc) is 2.80. The number of hydrogen-bond acceptors (Lipinski definition) is 10. The van der Waals surface area contributed by atoms with Crippen molar-refractivity contribution in [2.75, 3.05) is 33.1 Å². The summed E-state index contributed by atoms with van der Waals surface area (Å²) < 4.78 is 0. The Hall–Kier alpha value is -2.86. The molecule has 1 aromatic carbocycles. The SMILES string of the molecule is CC(C)NCc1cc(N(C)C)c2c(c1O)C(=O)C1C(=O)[C@@]3(O)C(=O)C(C(N)=O)C(O)C(N(C)C)[C@H]3C[C@H]1C2. The van der Waals surface area contributed by atoms with E-state index < -0.39 is 64.7 Å². The van der Waals surface area contributed by atoms with Gasteiger partial charge >= 0.3 is 0 Å². The Morgan fingerprint density at radius 3 is 2.34 bits per heavy atom. The fraction of sp³-hybridized carbons (Fsp3) is 0.630. The molecule has 4 unspecified atom stereocenters. The summed E-state index contributed by atoms with van der Waals surface area (Å²) in [7, 11) is 6.90. The maximum atomic E-state index is 14.0. The van der Waals surface area contributed by atoms with E-state index in [2.05, 4.69) is 5.32 Å². The quantitative estimate of drug-likeness (QED) is 0.294. The van der Waals surface area contributed by atoms with Crippen molar-refractivity contribution in [3.8, 4) is 5.75 Å². The highest BCUT2D eigenvalue weighted by molar-refractivity contribution is 6.25. The molecule has 2 saturated carbocycles. The number of primary amides is 1. The molecule has 0 aliphatic heterocycles. The Balaban J connectivity index is 1.87. The molecule has 208 valence electrons. The second-order valence-corrected chi connectivity index (χ2v) is 11.7. The van der Waals surface area contributed by atoms with Crippen molar-refractivity contribution in [3.63, 3.8) is 0 Å². The number of nitrogens with two attached hydrogens (primary N) is 1. The van der Waals surface area contributed by atoms with Gasteiger partial charge in [0.05, 0.1) is 17.6 Å². The van der Waals surface area contributed by atoms with Crippen LogP contribution < -0.4 is 16.0 Å². The molecule has 11 nitrogen and oxygen atoms in total. The highest BCUT2D eigenvalue weighted by Gasteiger charge is 2.69. The van der Waals surface area contributed by atoms with E-state index in [4.69, 9.17) is 5.73 Å². The number of carbonyl (C=O) groups excluding carboxylic acids is 4. The Morgan fingerprint density at radius 2 is 1.82 bits per heavy atom. The molecular weight excluding hydrogens is 492 g/mol. The van der Waals surface area contributed by atoms with Crippen LogP contribution in [-0.2, 0) is 27.3 Å². The van der Waals surface area contributed by atoms with E-state index in [0.717, 1.165) is 5.69 Å². The molecule has 0 heterocycles. The molecule has 38 heavy (non-hydrogen) atoms. The second-order valence-electron chi connectivity index (χ2n) is 11.7. The van der Waals surface area contributed by atoms with Gasteiger partial charge in [-0.25, -0.2) is 0 Å². The molecule has 4 rings (SSSR count). The first-order valence-corrected chi connectivity index (χ1v) is 12.9. The topological polar surface area (TPSA) is 174 Å². The summed E-state index contributed by atoms with van der Waals surface area (Å²) >= 11 is 0. The van der Waals surface area contributed by atoms with Gasteiger partial charge < -0.3 is 36.2 Å². The number of phenols is 1. The number of hydrogen-bond donors (Lipinski definition) is 5. The van der Waals surface area contributed by atoms with Gasteiger partial charge in [-0.1, -0.05) is 13.8 Å². The van der Waals surface area contributed by atoms with Crippen LogP contribution in [0.4, 0.5) is 5.69 Å². The summed E-state index contributed by atoms with van der Waals surface area (Å²) in [6, 6.07) is 1.02. The van der Waals surface area contributed by atoms with E-state index in [-0.39, 0.29) is 30.2 Å². The third kappa shape index (κ3) is 4.03. The number of ketones is 3. The number of likely N-dealkylation sites (N-methyl/N-ethyl adjacent to an activating group) is 1. The van der Waals surface area contributed by atoms with Gasteiger partial charge in [0, 0.05) is 49.9 Å². The first-order chi connectivity index (χ1) is 17.6. The number of amides is 1. The van der Waals surface area contributed by atoms with Crippen molar-refractivity contribution in [2.24, 2.45) is 29.4 Å². The molecule has 2 fully saturated rings. The molecule has 7 atom stereocenters. The number of aliphatic hydroxyl groups excluding tert-OH is 1. The Bertz CT molecular complexity index is 1200. The molecule has 0 spiro atoms. The molecule has 0 aromatic heterocycles. The smallest absolute Gasteiger partial charge is 0.230 e. The minimum atomic E-state index is -2.67. The fourth-order valence-electron chi connectivity index (χ4n) is 6.77. The summed E-state index contributed by atoms with van der Waals surface area (Å²) in [4.78, 5) is 56.9. The number of benzene rings is 1. The minimum Gasteiger partial charge on any atom is -0.507 e. The lowest BCUT2D eigenvalue weighted by Crippen LogP contribution is -2.75. The predicted molar refractivity (Wildman–Crippen MR) is 139 cm³/mol. The monoisotopic (exact) mass is 530 g/mol. The summed E-state index contributed by atoms with van der Waals surface area (Å²) in [5.41, 5.74) is 4.60. The zero-order valence-corrected chi connectivity index (χ0v) is 22.7. The molecule has 0 radical (unpaired) electrons. The number of Topliss-reactive ketones (excluding diaryl/α,β-unsaturated/α-hetero) is 3. The maximum Gasteiger partial charge on any atom is 0.230 e. The van der Waals surface area contributed by atoms with Crippen molar-refractivity contribution in [3.05, 3.63) is 22.8 Å². The maximum absolute atomic E-state index is 14.0. The molecule has 0 bridgehead atoms. The number of nitrogens with one attached hydrogen (secondary N) is 1. The standard InChI is InChI=1S/C27H38N4O7/c1-11(2)29-10-13-9-16(30(3)4)14-7-12-8-15-20(31(5)6)23(34)19(26(28)37)25(36)27(15,38)24(35)17(12)22(33)18(14)21(13)32/h9,11-12,15,17,19-20,23,29,32,34,38H,7-8,10H2,1-6H3,(H2,28,37)/t12-,15-,17?,19?,20?,23?,27-/m1/s1. The number of nitrogens with zero attached hydrogens (tertiary/aromatic N) is 2. The van der Waals surface area contributed by atoms with Gasteiger partial charge in [-0.05, 0) is 44.5 Å². The van der Waals surface area contributed by atoms with Gasteiger partial charge in [0.1, 0.15) is 11.7 Å². The van der Waals surface area contributed by atoms with Gasteiger partial charge in [0.15, 0.2) is 23.0 Å². The van der Waals surface area contributed by atoms with Gasteiger partial charge in [0.2, 0.25) is 5.91 Å². The normalized spacial score (nSPS) is 32.7. The van der Waals surface area contributed by atoms with Gasteiger partial charge in [-0.3, -0.25) is 19.2 Å². The number of aliphatic hydroxyl groups is 2. The molecule has 1 amide bonds. The van der Waals surface area contributed by atoms with Crippen molar-refractivity contribution >= 4 is 28.9 Å². The zero-order valence-electron chi connectivity index (χ0n) is 22.7. The zero-order chi connectivity index (χ0) is 28.4. The van der Waals surface area contributed by atoms with E-state index in [1.54, 1.807) is 19.0 Å². The third-order valence-electron chi connectivity index (χ3n) is 8.53. The van der Waals surface area contributed by atoms with Crippen LogP contribution in [0.3, 0.4) is 0 Å². The van der Waals surface area contributed by atoms with E-state index in [1.165, 1.54) is 0 Å². The van der Waals surface area contributed by atoms with E-state index in [9.17, 15) is 34.5 Å². The number of anilines is 1. The average molecular weight is 531 g/mol. The molecular formula is C27H38N4O7. The van der Waals surface area contributed by atoms with Crippen LogP contribution in [0.5, 0.6) is 5.75 Å². The van der Waals surface area contributed by atoms with Crippen LogP contribution in [0.15, 0.2) is 6.07 Å². The van der Waals surface area contributed by atoms with Crippen molar-refractivity contribution in [1.82, 2.24) is 10.2 Å². The first kappa shape index (κ1) is 28.2. The predicted octanol–water partition coefficient (Wildman–Crippen LogP) is -0.777. The van der Waals surface area contributed by atoms with Crippen LogP contribution in [0.2, 0.25) is 0 Å². The molecule has 0 saturated heterocycles. The van der Waals surface area contributed by atoms with Crippen LogP contribution in [0, 0.1) is 23.7 Å². The van der Waals surface area contributed by atoms with Crippen molar-refractivity contribution in [2.45, 2.75) is 57.0 Å². The van der Waals surface area contributed by atoms with Crippen molar-refractivity contribution in [1.29, 1.82) is 0 Å².